The van der Waals surface area contributed by atoms with E-state index in [1.165, 1.54) is 11.1 Å². The second-order valence-corrected chi connectivity index (χ2v) is 12.8. The maximum Gasteiger partial charge on any atom is 0.340 e. The van der Waals surface area contributed by atoms with Gasteiger partial charge in [0.25, 0.3) is 0 Å². The molecular formula is C38H42N2O5. The Kier molecular flexibility index (Phi) is 9.17. The second-order valence-electron chi connectivity index (χ2n) is 12.8. The number of hydrogen-bond acceptors (Lipinski definition) is 6. The fraction of sp³-hybridized carbons (Fsp3) is 0.395. The lowest BCUT2D eigenvalue weighted by Gasteiger charge is -2.51. The average molecular weight is 607 g/mol. The summed E-state index contributed by atoms with van der Waals surface area (Å²) in [5.41, 5.74) is 4.02. The van der Waals surface area contributed by atoms with E-state index in [2.05, 4.69) is 53.4 Å². The molecule has 6 rings (SSSR count). The van der Waals surface area contributed by atoms with Crippen LogP contribution in [-0.4, -0.2) is 56.0 Å². The first-order chi connectivity index (χ1) is 21.9. The summed E-state index contributed by atoms with van der Waals surface area (Å²) in [7, 11) is 1.67. The summed E-state index contributed by atoms with van der Waals surface area (Å²) in [6.45, 7) is 4.77. The number of benzene rings is 3. The lowest BCUT2D eigenvalue weighted by Crippen LogP contribution is -2.53. The molecule has 3 fully saturated rings. The fourth-order valence-electron chi connectivity index (χ4n) is 7.42. The lowest BCUT2D eigenvalue weighted by molar-refractivity contribution is -0.122. The average Bonchev–Trinajstić information content (AvgIpc) is 3.31. The Bertz CT molecular complexity index is 1570. The van der Waals surface area contributed by atoms with Gasteiger partial charge in [0.05, 0.1) is 18.4 Å². The van der Waals surface area contributed by atoms with Gasteiger partial charge in [0.1, 0.15) is 12.4 Å². The molecule has 7 nitrogen and oxygen atoms in total. The number of piperidine rings is 1. The van der Waals surface area contributed by atoms with Crippen LogP contribution < -0.4 is 9.64 Å². The normalized spacial score (nSPS) is 24.2. The summed E-state index contributed by atoms with van der Waals surface area (Å²) in [5, 5.41) is 0. The molecule has 45 heavy (non-hydrogen) atoms. The van der Waals surface area contributed by atoms with Crippen molar-refractivity contribution in [1.82, 2.24) is 4.90 Å². The van der Waals surface area contributed by atoms with Crippen molar-refractivity contribution in [3.05, 3.63) is 101 Å². The SMILES string of the molecule is COc1ccc(C=C2[C@@H]3CCC[C@@]2(COC(=O)c2ccccc2N2C(=O)CC(C)C2=O)CN(CCCc2ccccc2)C3)cc1. The maximum atomic E-state index is 13.7. The van der Waals surface area contributed by atoms with Crippen molar-refractivity contribution in [2.24, 2.45) is 17.3 Å². The number of methoxy groups -OCH3 is 1. The highest BCUT2D eigenvalue weighted by molar-refractivity contribution is 6.22. The van der Waals surface area contributed by atoms with Crippen molar-refractivity contribution < 1.29 is 23.9 Å². The molecule has 2 saturated heterocycles. The summed E-state index contributed by atoms with van der Waals surface area (Å²) >= 11 is 0. The van der Waals surface area contributed by atoms with Crippen molar-refractivity contribution in [2.45, 2.75) is 45.4 Å². The van der Waals surface area contributed by atoms with Crippen LogP contribution in [0.3, 0.4) is 0 Å². The Balaban J connectivity index is 1.25. The van der Waals surface area contributed by atoms with Gasteiger partial charge in [-0.05, 0) is 73.5 Å². The van der Waals surface area contributed by atoms with Crippen LogP contribution in [0.2, 0.25) is 0 Å². The number of aryl methyl sites for hydroxylation is 1. The third-order valence-corrected chi connectivity index (χ3v) is 9.70. The molecule has 3 aromatic rings. The number of ether oxygens (including phenoxy) is 2. The van der Waals surface area contributed by atoms with Gasteiger partial charge in [-0.3, -0.25) is 9.59 Å². The van der Waals surface area contributed by atoms with E-state index < -0.39 is 11.9 Å². The molecule has 3 atom stereocenters. The minimum atomic E-state index is -0.507. The van der Waals surface area contributed by atoms with E-state index in [4.69, 9.17) is 9.47 Å². The molecular weight excluding hydrogens is 564 g/mol. The van der Waals surface area contributed by atoms with E-state index in [1.807, 2.05) is 12.1 Å². The quantitative estimate of drug-likeness (QED) is 0.192. The number of fused-ring (bicyclic) bond motifs is 2. The van der Waals surface area contributed by atoms with E-state index >= 15 is 0 Å². The lowest BCUT2D eigenvalue weighted by atomic mass is 9.62. The van der Waals surface area contributed by atoms with Crippen LogP contribution in [0.5, 0.6) is 5.75 Å². The van der Waals surface area contributed by atoms with E-state index in [1.54, 1.807) is 38.3 Å². The standard InChI is InChI=1S/C38H42N2O5/c1-27-22-35(41)40(36(27)42)34-15-7-6-14-32(34)37(43)45-26-38-20-8-13-30(33(38)23-29-16-18-31(44-2)19-17-29)24-39(25-38)21-9-12-28-10-4-3-5-11-28/h3-7,10-11,14-19,23,27,30H,8-9,12-13,20-22,24-26H2,1-2H3/t27?,30-,38+/m1/s1. The minimum absolute atomic E-state index is 0.145. The highest BCUT2D eigenvalue weighted by atomic mass is 16.5. The highest BCUT2D eigenvalue weighted by Crippen LogP contribution is 2.49. The molecule has 1 unspecified atom stereocenters. The number of likely N-dealkylation sites (tertiary alicyclic amines) is 1. The molecule has 2 aliphatic heterocycles. The zero-order valence-corrected chi connectivity index (χ0v) is 26.2. The number of amides is 2. The predicted octanol–water partition coefficient (Wildman–Crippen LogP) is 6.57. The van der Waals surface area contributed by atoms with Crippen LogP contribution in [0, 0.1) is 17.3 Å². The van der Waals surface area contributed by atoms with Gasteiger partial charge in [-0.25, -0.2) is 9.69 Å². The monoisotopic (exact) mass is 606 g/mol. The van der Waals surface area contributed by atoms with Crippen LogP contribution >= 0.6 is 0 Å². The molecule has 2 bridgehead atoms. The zero-order valence-electron chi connectivity index (χ0n) is 26.2. The van der Waals surface area contributed by atoms with Gasteiger partial charge < -0.3 is 14.4 Å². The number of para-hydroxylation sites is 1. The van der Waals surface area contributed by atoms with Gasteiger partial charge in [-0.2, -0.15) is 0 Å². The van der Waals surface area contributed by atoms with Gasteiger partial charge in [-0.1, -0.05) is 79.6 Å². The molecule has 0 N–H and O–H groups in total. The van der Waals surface area contributed by atoms with Crippen LogP contribution in [0.25, 0.3) is 6.08 Å². The molecule has 2 amide bonds. The molecule has 2 heterocycles. The van der Waals surface area contributed by atoms with Gasteiger partial charge in [-0.15, -0.1) is 0 Å². The Hall–Kier alpha value is -4.23. The Morgan fingerprint density at radius 1 is 1.00 bits per heavy atom. The van der Waals surface area contributed by atoms with Crippen molar-refractivity contribution in [2.75, 3.05) is 38.3 Å². The molecule has 7 heteroatoms. The van der Waals surface area contributed by atoms with E-state index in [0.717, 1.165) is 68.0 Å². The Morgan fingerprint density at radius 2 is 1.76 bits per heavy atom. The number of anilines is 1. The molecule has 234 valence electrons. The smallest absolute Gasteiger partial charge is 0.340 e. The Labute approximate surface area is 265 Å². The number of imide groups is 1. The number of nitrogens with zero attached hydrogens (tertiary/aromatic N) is 2. The molecule has 1 aliphatic carbocycles. The summed E-state index contributed by atoms with van der Waals surface area (Å²) in [6.07, 6.45) is 7.64. The van der Waals surface area contributed by atoms with Gasteiger partial charge >= 0.3 is 5.97 Å². The zero-order chi connectivity index (χ0) is 31.4. The fourth-order valence-corrected chi connectivity index (χ4v) is 7.42. The van der Waals surface area contributed by atoms with Crippen molar-refractivity contribution in [3.63, 3.8) is 0 Å². The van der Waals surface area contributed by atoms with Gasteiger partial charge in [0.2, 0.25) is 11.8 Å². The van der Waals surface area contributed by atoms with E-state index in [9.17, 15) is 14.4 Å². The molecule has 0 aromatic heterocycles. The summed E-state index contributed by atoms with van der Waals surface area (Å²) in [5.74, 6) is -0.287. The molecule has 3 aliphatic rings. The summed E-state index contributed by atoms with van der Waals surface area (Å²) in [4.78, 5) is 43.0. The molecule has 0 spiro atoms. The largest absolute Gasteiger partial charge is 0.497 e. The topological polar surface area (TPSA) is 76.1 Å². The predicted molar refractivity (Wildman–Crippen MR) is 175 cm³/mol. The highest BCUT2D eigenvalue weighted by Gasteiger charge is 2.47. The minimum Gasteiger partial charge on any atom is -0.497 e. The molecule has 1 saturated carbocycles. The molecule has 0 radical (unpaired) electrons. The molecule has 3 aromatic carbocycles. The van der Waals surface area contributed by atoms with Crippen LogP contribution in [0.1, 0.15) is 60.5 Å². The van der Waals surface area contributed by atoms with Crippen molar-refractivity contribution in [3.8, 4) is 5.75 Å². The first-order valence-electron chi connectivity index (χ1n) is 16.1. The van der Waals surface area contributed by atoms with Gasteiger partial charge in [0, 0.05) is 30.8 Å². The van der Waals surface area contributed by atoms with Crippen molar-refractivity contribution in [1.29, 1.82) is 0 Å². The number of carbonyl (C=O) groups excluding carboxylic acids is 3. The second kappa shape index (κ2) is 13.4. The number of esters is 1. The van der Waals surface area contributed by atoms with E-state index in [0.29, 0.717) is 11.6 Å². The van der Waals surface area contributed by atoms with Crippen LogP contribution in [0.15, 0.2) is 84.4 Å². The number of hydrogen-bond donors (Lipinski definition) is 0. The van der Waals surface area contributed by atoms with Crippen molar-refractivity contribution >= 4 is 29.5 Å². The first kappa shape index (κ1) is 30.8. The summed E-state index contributed by atoms with van der Waals surface area (Å²) < 4.78 is 11.6. The van der Waals surface area contributed by atoms with Crippen LogP contribution in [0.4, 0.5) is 5.69 Å². The van der Waals surface area contributed by atoms with Crippen LogP contribution in [-0.2, 0) is 20.7 Å². The third-order valence-electron chi connectivity index (χ3n) is 9.70. The number of carbonyl (C=O) groups is 3. The third kappa shape index (κ3) is 6.59. The maximum absolute atomic E-state index is 13.7. The van der Waals surface area contributed by atoms with E-state index in [-0.39, 0.29) is 35.8 Å². The van der Waals surface area contributed by atoms with Gasteiger partial charge in [0.15, 0.2) is 0 Å². The Morgan fingerprint density at radius 3 is 2.49 bits per heavy atom. The number of rotatable bonds is 10. The first-order valence-corrected chi connectivity index (χ1v) is 16.1. The summed E-state index contributed by atoms with van der Waals surface area (Å²) in [6, 6.07) is 25.5.